The first-order valence-corrected chi connectivity index (χ1v) is 7.36. The topological polar surface area (TPSA) is 47.0 Å². The van der Waals surface area contributed by atoms with Gasteiger partial charge in [0.1, 0.15) is 10.8 Å². The minimum atomic E-state index is 0.232. The highest BCUT2D eigenvalue weighted by Gasteiger charge is 2.14. The van der Waals surface area contributed by atoms with E-state index in [0.29, 0.717) is 6.61 Å². The molecule has 0 saturated carbocycles. The van der Waals surface area contributed by atoms with Crippen LogP contribution in [0.25, 0.3) is 10.6 Å². The molecule has 1 unspecified atom stereocenters. The number of nitrogens with one attached hydrogen (secondary N) is 1. The van der Waals surface area contributed by atoms with E-state index in [9.17, 15) is 0 Å². The fourth-order valence-electron chi connectivity index (χ4n) is 1.84. The largest absolute Gasteiger partial charge is 0.493 e. The van der Waals surface area contributed by atoms with Crippen LogP contribution in [0, 0.1) is 0 Å². The lowest BCUT2D eigenvalue weighted by Gasteiger charge is -2.07. The summed E-state index contributed by atoms with van der Waals surface area (Å²) in [4.78, 5) is 0. The second-order valence-corrected chi connectivity index (χ2v) is 5.16. The molecule has 1 aromatic carbocycles. The average molecular weight is 277 g/mol. The molecule has 5 heteroatoms. The zero-order chi connectivity index (χ0) is 13.7. The maximum absolute atomic E-state index is 5.63. The van der Waals surface area contributed by atoms with E-state index < -0.39 is 0 Å². The summed E-state index contributed by atoms with van der Waals surface area (Å²) in [7, 11) is 0. The summed E-state index contributed by atoms with van der Waals surface area (Å²) in [6.45, 7) is 7.74. The van der Waals surface area contributed by atoms with Crippen molar-refractivity contribution in [2.75, 3.05) is 13.2 Å². The van der Waals surface area contributed by atoms with Gasteiger partial charge in [0, 0.05) is 0 Å². The van der Waals surface area contributed by atoms with Gasteiger partial charge in [0.05, 0.1) is 18.2 Å². The first-order valence-electron chi connectivity index (χ1n) is 6.55. The van der Waals surface area contributed by atoms with Crippen molar-refractivity contribution in [3.05, 3.63) is 29.3 Å². The van der Waals surface area contributed by atoms with Gasteiger partial charge in [0.2, 0.25) is 0 Å². The Balaban J connectivity index is 2.27. The number of benzene rings is 1. The molecule has 0 spiro atoms. The maximum Gasteiger partial charge on any atom is 0.151 e. The molecule has 1 N–H and O–H groups in total. The third kappa shape index (κ3) is 3.30. The van der Waals surface area contributed by atoms with Gasteiger partial charge in [-0.25, -0.2) is 0 Å². The normalized spacial score (nSPS) is 12.4. The molecule has 2 aromatic rings. The number of nitrogens with zero attached hydrogens (tertiary/aromatic N) is 2. The van der Waals surface area contributed by atoms with E-state index in [1.807, 2.05) is 31.2 Å². The van der Waals surface area contributed by atoms with Crippen LogP contribution in [-0.2, 0) is 0 Å². The molecule has 0 aliphatic rings. The van der Waals surface area contributed by atoms with E-state index in [1.165, 1.54) is 0 Å². The second-order valence-electron chi connectivity index (χ2n) is 4.15. The first kappa shape index (κ1) is 14.0. The Labute approximate surface area is 117 Å². The quantitative estimate of drug-likeness (QED) is 0.880. The first-order chi connectivity index (χ1) is 9.26. The predicted octanol–water partition coefficient (Wildman–Crippen LogP) is 3.27. The lowest BCUT2D eigenvalue weighted by Crippen LogP contribution is -2.17. The van der Waals surface area contributed by atoms with Crippen LogP contribution in [-0.4, -0.2) is 23.3 Å². The average Bonchev–Trinajstić information content (AvgIpc) is 2.90. The summed E-state index contributed by atoms with van der Waals surface area (Å²) in [5.74, 6) is 0.865. The molecule has 0 aliphatic heterocycles. The summed E-state index contributed by atoms with van der Waals surface area (Å²) in [6, 6.07) is 8.18. The van der Waals surface area contributed by atoms with Crippen LogP contribution >= 0.6 is 11.3 Å². The zero-order valence-electron chi connectivity index (χ0n) is 11.5. The fourth-order valence-corrected chi connectivity index (χ4v) is 2.74. The van der Waals surface area contributed by atoms with Gasteiger partial charge in [0.25, 0.3) is 0 Å². The minimum absolute atomic E-state index is 0.232. The van der Waals surface area contributed by atoms with Gasteiger partial charge in [-0.3, -0.25) is 0 Å². The third-order valence-electron chi connectivity index (χ3n) is 2.74. The van der Waals surface area contributed by atoms with Gasteiger partial charge < -0.3 is 10.1 Å². The van der Waals surface area contributed by atoms with Gasteiger partial charge in [-0.05, 0) is 32.5 Å². The molecule has 1 aromatic heterocycles. The molecule has 2 rings (SSSR count). The van der Waals surface area contributed by atoms with Gasteiger partial charge in [-0.1, -0.05) is 30.4 Å². The van der Waals surface area contributed by atoms with E-state index in [2.05, 4.69) is 29.4 Å². The molecule has 1 atom stereocenters. The van der Waals surface area contributed by atoms with Crippen molar-refractivity contribution < 1.29 is 4.74 Å². The van der Waals surface area contributed by atoms with Crippen molar-refractivity contribution in [2.45, 2.75) is 26.8 Å². The zero-order valence-corrected chi connectivity index (χ0v) is 12.3. The number of aromatic nitrogens is 2. The molecular weight excluding hydrogens is 258 g/mol. The molecule has 0 radical (unpaired) electrons. The van der Waals surface area contributed by atoms with Crippen molar-refractivity contribution >= 4 is 11.3 Å². The molecule has 0 saturated heterocycles. The van der Waals surface area contributed by atoms with Gasteiger partial charge >= 0.3 is 0 Å². The van der Waals surface area contributed by atoms with Gasteiger partial charge in [-0.15, -0.1) is 10.2 Å². The SMILES string of the molecule is CCNC(C)c1nnc(-c2ccccc2OCC)s1. The maximum atomic E-state index is 5.63. The predicted molar refractivity (Wildman–Crippen MR) is 78.6 cm³/mol. The minimum Gasteiger partial charge on any atom is -0.493 e. The van der Waals surface area contributed by atoms with Crippen molar-refractivity contribution in [3.63, 3.8) is 0 Å². The van der Waals surface area contributed by atoms with Crippen LogP contribution < -0.4 is 10.1 Å². The Kier molecular flexibility index (Phi) is 4.87. The summed E-state index contributed by atoms with van der Waals surface area (Å²) >= 11 is 1.61. The van der Waals surface area contributed by atoms with E-state index in [-0.39, 0.29) is 6.04 Å². The van der Waals surface area contributed by atoms with Gasteiger partial charge in [-0.2, -0.15) is 0 Å². The smallest absolute Gasteiger partial charge is 0.151 e. The lowest BCUT2D eigenvalue weighted by molar-refractivity contribution is 0.341. The molecule has 102 valence electrons. The number of hydrogen-bond donors (Lipinski definition) is 1. The molecular formula is C14H19N3OS. The van der Waals surface area contributed by atoms with E-state index >= 15 is 0 Å². The summed E-state index contributed by atoms with van der Waals surface area (Å²) < 4.78 is 5.63. The van der Waals surface area contributed by atoms with Crippen LogP contribution in [0.1, 0.15) is 31.8 Å². The standard InChI is InChI=1S/C14H19N3OS/c1-4-15-10(3)13-16-17-14(19-13)11-8-6-7-9-12(11)18-5-2/h6-10,15H,4-5H2,1-3H3. The second kappa shape index (κ2) is 6.63. The Morgan fingerprint density at radius 1 is 1.26 bits per heavy atom. The van der Waals surface area contributed by atoms with E-state index in [1.54, 1.807) is 11.3 Å². The highest BCUT2D eigenvalue weighted by molar-refractivity contribution is 7.14. The Hall–Kier alpha value is -1.46. The van der Waals surface area contributed by atoms with Crippen molar-refractivity contribution in [1.82, 2.24) is 15.5 Å². The molecule has 0 amide bonds. The number of para-hydroxylation sites is 1. The third-order valence-corrected chi connectivity index (χ3v) is 3.88. The molecule has 0 bridgehead atoms. The van der Waals surface area contributed by atoms with Crippen LogP contribution in [0.15, 0.2) is 24.3 Å². The van der Waals surface area contributed by atoms with Crippen LogP contribution in [0.5, 0.6) is 5.75 Å². The molecule has 4 nitrogen and oxygen atoms in total. The summed E-state index contributed by atoms with van der Waals surface area (Å²) in [5.41, 5.74) is 1.01. The number of rotatable bonds is 6. The Morgan fingerprint density at radius 3 is 2.79 bits per heavy atom. The number of ether oxygens (including phenoxy) is 1. The summed E-state index contributed by atoms with van der Waals surface area (Å²) in [5, 5.41) is 13.8. The van der Waals surface area contributed by atoms with Crippen molar-refractivity contribution in [2.24, 2.45) is 0 Å². The fraction of sp³-hybridized carbons (Fsp3) is 0.429. The highest BCUT2D eigenvalue weighted by Crippen LogP contribution is 2.33. The van der Waals surface area contributed by atoms with Crippen LogP contribution in [0.4, 0.5) is 0 Å². The Bertz CT molecular complexity index is 527. The monoisotopic (exact) mass is 277 g/mol. The molecule has 0 aliphatic carbocycles. The van der Waals surface area contributed by atoms with E-state index in [0.717, 1.165) is 27.9 Å². The summed E-state index contributed by atoms with van der Waals surface area (Å²) in [6.07, 6.45) is 0. The number of hydrogen-bond acceptors (Lipinski definition) is 5. The molecule has 19 heavy (non-hydrogen) atoms. The molecule has 0 fully saturated rings. The lowest BCUT2D eigenvalue weighted by atomic mass is 10.2. The van der Waals surface area contributed by atoms with Crippen LogP contribution in [0.3, 0.4) is 0 Å². The van der Waals surface area contributed by atoms with Crippen LogP contribution in [0.2, 0.25) is 0 Å². The van der Waals surface area contributed by atoms with Crippen molar-refractivity contribution in [1.29, 1.82) is 0 Å². The van der Waals surface area contributed by atoms with E-state index in [4.69, 9.17) is 4.74 Å². The Morgan fingerprint density at radius 2 is 2.05 bits per heavy atom. The van der Waals surface area contributed by atoms with Gasteiger partial charge in [0.15, 0.2) is 5.01 Å². The van der Waals surface area contributed by atoms with Crippen molar-refractivity contribution in [3.8, 4) is 16.3 Å². The molecule has 1 heterocycles. The highest BCUT2D eigenvalue weighted by atomic mass is 32.1.